The third kappa shape index (κ3) is 7.77. The van der Waals surface area contributed by atoms with Crippen LogP contribution in [0.4, 0.5) is 9.59 Å². The molecule has 2 bridgehead atoms. The van der Waals surface area contributed by atoms with Crippen molar-refractivity contribution in [3.8, 4) is 22.4 Å². The summed E-state index contributed by atoms with van der Waals surface area (Å²) >= 11 is 0. The number of methoxy groups -OCH3 is 2. The lowest BCUT2D eigenvalue weighted by molar-refractivity contribution is -0.137. The number of carbonyl (C=O) groups excluding carboxylic acids is 4. The summed E-state index contributed by atoms with van der Waals surface area (Å²) in [5.74, 6) is 1.62. The summed E-state index contributed by atoms with van der Waals surface area (Å²) in [5.41, 5.74) is 5.40. The van der Waals surface area contributed by atoms with Crippen LogP contribution in [0.25, 0.3) is 33.2 Å². The van der Waals surface area contributed by atoms with Crippen LogP contribution in [0.5, 0.6) is 0 Å². The molecule has 1 spiro atoms. The SMILES string of the molecule is COC(=O)N[C@H](C(=O)N1CC2(CC2)C[C@H]1c1ncc(-c2ccc3cc(-c4ccc(C5CN=C([C@@H]6[C@H]7CC[C@H](C7)N6C(=O)[C@@H](NC(=O)OC)C(C)C)N5)cc4)ccc3c2)[nH]1)C(C)C. The molecule has 1 unspecified atom stereocenters. The Bertz CT molecular complexity index is 2400. The molecule has 14 nitrogen and oxygen atoms in total. The molecule has 2 saturated carbocycles. The van der Waals surface area contributed by atoms with Gasteiger partial charge in [-0.1, -0.05) is 76.2 Å². The van der Waals surface area contributed by atoms with Crippen LogP contribution in [0, 0.1) is 23.2 Å². The highest BCUT2D eigenvalue weighted by Gasteiger charge is 2.55. The van der Waals surface area contributed by atoms with Crippen LogP contribution in [0.15, 0.2) is 71.9 Å². The fraction of sp³-hybridized carbons (Fsp3) is 0.500. The lowest BCUT2D eigenvalue weighted by Crippen LogP contribution is -2.59. The number of nitrogens with zero attached hydrogens (tertiary/aromatic N) is 4. The van der Waals surface area contributed by atoms with E-state index < -0.39 is 24.3 Å². The van der Waals surface area contributed by atoms with Gasteiger partial charge in [0.15, 0.2) is 0 Å². The third-order valence-electron chi connectivity index (χ3n) is 14.1. The van der Waals surface area contributed by atoms with Gasteiger partial charge in [0, 0.05) is 18.2 Å². The fourth-order valence-electron chi connectivity index (χ4n) is 10.4. The number of hydrogen-bond donors (Lipinski definition) is 4. The van der Waals surface area contributed by atoms with Crippen LogP contribution in [0.2, 0.25) is 0 Å². The van der Waals surface area contributed by atoms with Crippen LogP contribution in [-0.4, -0.2) is 101 Å². The molecule has 5 aliphatic rings. The number of rotatable bonds is 11. The van der Waals surface area contributed by atoms with E-state index in [2.05, 4.69) is 81.6 Å². The molecule has 4 N–H and O–H groups in total. The first kappa shape index (κ1) is 41.4. The molecule has 3 aliphatic heterocycles. The highest BCUT2D eigenvalue weighted by Crippen LogP contribution is 2.58. The third-order valence-corrected chi connectivity index (χ3v) is 14.1. The number of imidazole rings is 1. The Morgan fingerprint density at radius 3 is 2.08 bits per heavy atom. The average Bonchev–Trinajstić information content (AvgIpc) is 3.91. The Kier molecular flexibility index (Phi) is 11.0. The number of H-pyrrole nitrogens is 1. The molecule has 3 aromatic carbocycles. The van der Waals surface area contributed by atoms with E-state index in [1.54, 1.807) is 0 Å². The van der Waals surface area contributed by atoms with Crippen molar-refractivity contribution in [2.75, 3.05) is 27.3 Å². The van der Waals surface area contributed by atoms with Crippen molar-refractivity contribution in [2.45, 2.75) is 102 Å². The van der Waals surface area contributed by atoms with E-state index in [-0.39, 0.29) is 53.2 Å². The van der Waals surface area contributed by atoms with Gasteiger partial charge in [0.1, 0.15) is 23.7 Å². The van der Waals surface area contributed by atoms with E-state index in [1.807, 2.05) is 43.7 Å². The number of benzene rings is 3. The predicted octanol–water partition coefficient (Wildman–Crippen LogP) is 7.13. The molecular formula is C48H58N8O6. The molecule has 62 heavy (non-hydrogen) atoms. The molecule has 7 atom stereocenters. The molecular weight excluding hydrogens is 785 g/mol. The van der Waals surface area contributed by atoms with Crippen LogP contribution >= 0.6 is 0 Å². The minimum Gasteiger partial charge on any atom is -0.453 e. The molecule has 1 aromatic heterocycles. The number of aromatic amines is 1. The largest absolute Gasteiger partial charge is 0.453 e. The van der Waals surface area contributed by atoms with Crippen LogP contribution in [0.3, 0.4) is 0 Å². The van der Waals surface area contributed by atoms with Gasteiger partial charge in [-0.25, -0.2) is 14.6 Å². The first-order valence-electron chi connectivity index (χ1n) is 22.2. The number of aliphatic imine (C=N–C) groups is 1. The maximum absolute atomic E-state index is 14.0. The second-order valence-electron chi connectivity index (χ2n) is 18.8. The van der Waals surface area contributed by atoms with E-state index in [0.29, 0.717) is 19.0 Å². The standard InChI is InChI=1S/C48H58N8O6/c1-26(2)39(53-46(59)61-5)44(57)55-25-48(17-18-48)22-38(55)42-49-24-37(51-42)33-14-13-31-19-30(11-12-32(31)20-33)28-7-9-29(10-8-28)36-23-50-43(52-36)41-34-15-16-35(21-34)56(41)45(58)40(27(3)4)54-47(60)62-6/h7-14,19-20,24,26-27,34-36,38-41H,15-18,21-23,25H2,1-6H3,(H,49,51)(H,50,52)(H,53,59)(H,54,60)/t34-,35+,36?,38-,39-,40-,41-/m0/s1. The van der Waals surface area contributed by atoms with Gasteiger partial charge in [0.25, 0.3) is 0 Å². The molecule has 2 aliphatic carbocycles. The maximum Gasteiger partial charge on any atom is 0.407 e. The second kappa shape index (κ2) is 16.4. The van der Waals surface area contributed by atoms with Crippen molar-refractivity contribution in [1.29, 1.82) is 0 Å². The Balaban J connectivity index is 0.865. The lowest BCUT2D eigenvalue weighted by Gasteiger charge is -2.38. The number of likely N-dealkylation sites (tertiary alicyclic amines) is 2. The van der Waals surface area contributed by atoms with Gasteiger partial charge in [-0.2, -0.15) is 0 Å². The van der Waals surface area contributed by atoms with Gasteiger partial charge in [0.05, 0.1) is 50.8 Å². The summed E-state index contributed by atoms with van der Waals surface area (Å²) in [6.45, 7) is 9.00. The monoisotopic (exact) mass is 842 g/mol. The quantitative estimate of drug-likeness (QED) is 0.124. The predicted molar refractivity (Wildman–Crippen MR) is 236 cm³/mol. The zero-order chi connectivity index (χ0) is 43.4. The van der Waals surface area contributed by atoms with Gasteiger partial charge in [-0.15, -0.1) is 0 Å². The molecule has 326 valence electrons. The van der Waals surface area contributed by atoms with Crippen LogP contribution in [0.1, 0.15) is 89.7 Å². The van der Waals surface area contributed by atoms with Crippen molar-refractivity contribution in [3.63, 3.8) is 0 Å². The van der Waals surface area contributed by atoms with Gasteiger partial charge >= 0.3 is 12.2 Å². The molecule has 2 saturated heterocycles. The number of aromatic nitrogens is 2. The maximum atomic E-state index is 14.0. The summed E-state index contributed by atoms with van der Waals surface area (Å²) in [5, 5.41) is 11.5. The van der Waals surface area contributed by atoms with Crippen molar-refractivity contribution in [3.05, 3.63) is 78.2 Å². The van der Waals surface area contributed by atoms with Crippen molar-refractivity contribution >= 4 is 40.6 Å². The van der Waals surface area contributed by atoms with Gasteiger partial charge in [-0.3, -0.25) is 14.6 Å². The number of ether oxygens (including phenoxy) is 2. The highest BCUT2D eigenvalue weighted by molar-refractivity contribution is 5.96. The van der Waals surface area contributed by atoms with Crippen LogP contribution < -0.4 is 16.0 Å². The molecule has 4 amide bonds. The number of fused-ring (bicyclic) bond motifs is 3. The minimum atomic E-state index is -0.685. The molecule has 0 radical (unpaired) electrons. The zero-order valence-electron chi connectivity index (χ0n) is 36.4. The summed E-state index contributed by atoms with van der Waals surface area (Å²) < 4.78 is 9.67. The molecule has 4 aromatic rings. The Morgan fingerprint density at radius 1 is 0.806 bits per heavy atom. The Labute approximate surface area is 362 Å². The molecule has 9 rings (SSSR count). The zero-order valence-corrected chi connectivity index (χ0v) is 36.4. The van der Waals surface area contributed by atoms with E-state index in [0.717, 1.165) is 88.9 Å². The van der Waals surface area contributed by atoms with Gasteiger partial charge in [0.2, 0.25) is 11.8 Å². The number of nitrogens with one attached hydrogen (secondary N) is 4. The van der Waals surface area contributed by atoms with Crippen molar-refractivity contribution in [2.24, 2.45) is 28.2 Å². The van der Waals surface area contributed by atoms with Crippen LogP contribution in [-0.2, 0) is 19.1 Å². The fourth-order valence-corrected chi connectivity index (χ4v) is 10.4. The molecule has 4 heterocycles. The number of carbonyl (C=O) groups is 4. The molecule has 14 heteroatoms. The number of amidine groups is 1. The van der Waals surface area contributed by atoms with E-state index in [1.165, 1.54) is 14.2 Å². The average molecular weight is 843 g/mol. The van der Waals surface area contributed by atoms with Crippen molar-refractivity contribution in [1.82, 2.24) is 35.7 Å². The highest BCUT2D eigenvalue weighted by atomic mass is 16.5. The number of amides is 4. The molecule has 4 fully saturated rings. The minimum absolute atomic E-state index is 0.00910. The lowest BCUT2D eigenvalue weighted by atomic mass is 9.95. The summed E-state index contributed by atoms with van der Waals surface area (Å²) in [6, 6.07) is 20.1. The van der Waals surface area contributed by atoms with E-state index in [9.17, 15) is 19.2 Å². The normalized spacial score (nSPS) is 24.3. The van der Waals surface area contributed by atoms with Crippen molar-refractivity contribution < 1.29 is 28.7 Å². The first-order valence-corrected chi connectivity index (χ1v) is 22.2. The first-order chi connectivity index (χ1) is 29.8. The smallest absolute Gasteiger partial charge is 0.407 e. The van der Waals surface area contributed by atoms with Gasteiger partial charge in [-0.05, 0) is 101 Å². The number of piperidine rings is 1. The topological polar surface area (TPSA) is 170 Å². The summed E-state index contributed by atoms with van der Waals surface area (Å²) in [7, 11) is 2.62. The number of alkyl carbamates (subject to hydrolysis) is 2. The summed E-state index contributed by atoms with van der Waals surface area (Å²) in [4.78, 5) is 69.4. The second-order valence-corrected chi connectivity index (χ2v) is 18.8. The Hall–Kier alpha value is -5.92. The van der Waals surface area contributed by atoms with E-state index in [4.69, 9.17) is 19.5 Å². The summed E-state index contributed by atoms with van der Waals surface area (Å²) in [6.07, 6.45) is 6.67. The van der Waals surface area contributed by atoms with E-state index >= 15 is 0 Å². The Morgan fingerprint density at radius 2 is 1.44 bits per heavy atom. The van der Waals surface area contributed by atoms with Gasteiger partial charge < -0.3 is 40.2 Å². The number of hydrogen-bond acceptors (Lipinski definition) is 9.